The summed E-state index contributed by atoms with van der Waals surface area (Å²) in [6.07, 6.45) is 7.13. The molecule has 10 heterocycles. The van der Waals surface area contributed by atoms with Gasteiger partial charge in [0, 0.05) is 167 Å². The second-order valence-corrected chi connectivity index (χ2v) is 29.1. The van der Waals surface area contributed by atoms with Gasteiger partial charge >= 0.3 is 40.4 Å². The van der Waals surface area contributed by atoms with Gasteiger partial charge in [0.2, 0.25) is 34.1 Å². The fraction of sp³-hybridized carbons (Fsp3) is 0.100. The summed E-state index contributed by atoms with van der Waals surface area (Å²) in [5, 5.41) is 32.1. The largest absolute Gasteiger partial charge is 0.431 e. The Morgan fingerprint density at radius 1 is 0.282 bits per heavy atom. The number of fused-ring (bicyclic) bond motifs is 12. The number of allylic oxidation sites excluding steroid dienone is 2. The van der Waals surface area contributed by atoms with Crippen LogP contribution in [0, 0.1) is 0 Å². The maximum absolute atomic E-state index is 11.8. The van der Waals surface area contributed by atoms with Gasteiger partial charge in [-0.3, -0.25) is 29.5 Å². The molecule has 0 N–H and O–H groups in total. The summed E-state index contributed by atoms with van der Waals surface area (Å²) in [4.78, 5) is 40.9. The van der Waals surface area contributed by atoms with Crippen LogP contribution in [0.2, 0.25) is 0 Å². The quantitative estimate of drug-likeness (QED) is 0.0919. The Morgan fingerprint density at radius 3 is 1.14 bits per heavy atom. The monoisotopic (exact) mass is 1630 g/mol. The molecule has 0 radical (unpaired) electrons. The summed E-state index contributed by atoms with van der Waals surface area (Å²) in [6, 6.07) is 98.4. The lowest BCUT2D eigenvalue weighted by molar-refractivity contribution is -0.544. The van der Waals surface area contributed by atoms with Gasteiger partial charge < -0.3 is 28.4 Å². The zero-order valence-corrected chi connectivity index (χ0v) is 68.3. The summed E-state index contributed by atoms with van der Waals surface area (Å²) in [7, 11) is 0. The van der Waals surface area contributed by atoms with Crippen LogP contribution in [-0.2, 0) is 0 Å². The number of ether oxygens (including phenoxy) is 6. The van der Waals surface area contributed by atoms with Gasteiger partial charge in [0.1, 0.15) is 5.52 Å². The first kappa shape index (κ1) is 79.9. The Bertz CT molecular complexity index is 6570. The number of carbonyl (C=O) groups is 2. The Hall–Kier alpha value is -16.5. The molecule has 4 aromatic heterocycles. The van der Waals surface area contributed by atoms with Crippen molar-refractivity contribution in [3.05, 3.63) is 364 Å². The highest BCUT2D eigenvalue weighted by atomic mass is 16.5. The zero-order valence-electron chi connectivity index (χ0n) is 68.3. The van der Waals surface area contributed by atoms with Crippen LogP contribution in [0.25, 0.3) is 54.8 Å². The van der Waals surface area contributed by atoms with E-state index in [2.05, 4.69) is 59.6 Å². The zero-order chi connectivity index (χ0) is 84.8. The van der Waals surface area contributed by atoms with E-state index in [-0.39, 0.29) is 18.3 Å². The molecule has 12 aromatic carbocycles. The molecule has 124 heavy (non-hydrogen) atoms. The second-order valence-electron chi connectivity index (χ2n) is 29.1. The number of benzene rings is 12. The van der Waals surface area contributed by atoms with Crippen molar-refractivity contribution in [2.75, 3.05) is 40.4 Å². The van der Waals surface area contributed by atoms with Crippen molar-refractivity contribution in [1.29, 1.82) is 0 Å². The first-order chi connectivity index (χ1) is 60.7. The minimum absolute atomic E-state index is 0.114. The van der Waals surface area contributed by atoms with Gasteiger partial charge in [-0.15, -0.1) is 0 Å². The lowest BCUT2D eigenvalue weighted by atomic mass is 9.99. The first-order valence-electron chi connectivity index (χ1n) is 40.0. The topological polar surface area (TPSA) is 233 Å². The van der Waals surface area contributed by atoms with Crippen molar-refractivity contribution in [3.8, 4) is 34.5 Å². The predicted octanol–water partition coefficient (Wildman–Crippen LogP) is 25.5. The van der Waals surface area contributed by atoms with Gasteiger partial charge in [0.25, 0.3) is 0 Å². The molecule has 24 heteroatoms. The minimum atomic E-state index is -0.150. The van der Waals surface area contributed by atoms with Gasteiger partial charge in [0.15, 0.2) is 80.2 Å². The van der Waals surface area contributed by atoms with E-state index >= 15 is 0 Å². The van der Waals surface area contributed by atoms with Crippen LogP contribution >= 0.6 is 0 Å². The Labute approximate surface area is 713 Å². The van der Waals surface area contributed by atoms with E-state index < -0.39 is 0 Å². The average Bonchev–Trinajstić information content (AvgIpc) is 0.802. The number of hydrogen-bond donors (Lipinski definition) is 0. The normalized spacial score (nSPS) is 13.3. The number of Topliss-reactive ketones (excluding diaryl/α,β-unsaturated/α-hetero) is 2. The molecule has 16 aromatic rings. The highest BCUT2D eigenvalue weighted by Crippen LogP contribution is 2.45. The summed E-state index contributed by atoms with van der Waals surface area (Å²) < 4.78 is 45.8. The highest BCUT2D eigenvalue weighted by Gasteiger charge is 2.31. The van der Waals surface area contributed by atoms with E-state index in [4.69, 9.17) is 38.6 Å². The number of aromatic nitrogens is 4. The number of pyridine rings is 4. The number of azo groups is 12. The molecule has 0 bridgehead atoms. The maximum atomic E-state index is 11.8. The molecule has 24 nitrogen and oxygen atoms in total. The van der Waals surface area contributed by atoms with E-state index in [9.17, 15) is 9.59 Å². The molecule has 0 amide bonds. The molecule has 6 aliphatic rings. The van der Waals surface area contributed by atoms with Crippen LogP contribution in [-0.4, -0.2) is 100 Å². The molecule has 6 aliphatic heterocycles. The van der Waals surface area contributed by atoms with Crippen molar-refractivity contribution < 1.29 is 66.2 Å². The summed E-state index contributed by atoms with van der Waals surface area (Å²) >= 11 is 0. The summed E-state index contributed by atoms with van der Waals surface area (Å²) in [5.41, 5.74) is 19.0. The predicted molar refractivity (Wildman–Crippen MR) is 473 cm³/mol. The highest BCUT2D eigenvalue weighted by molar-refractivity contribution is 6.03. The molecule has 0 fully saturated rings. The molecule has 22 rings (SSSR count). The summed E-state index contributed by atoms with van der Waals surface area (Å²) in [5.74, 6) is 4.14. The van der Waals surface area contributed by atoms with E-state index in [0.717, 1.165) is 157 Å². The van der Waals surface area contributed by atoms with Gasteiger partial charge in [0.05, 0.1) is 22.1 Å². The Kier molecular flexibility index (Phi) is 23.7. The molecule has 0 atom stereocenters. The molecule has 604 valence electrons. The van der Waals surface area contributed by atoms with Gasteiger partial charge in [-0.2, -0.15) is 0 Å². The van der Waals surface area contributed by atoms with Gasteiger partial charge in [-0.25, -0.2) is 0 Å². The summed E-state index contributed by atoms with van der Waals surface area (Å²) in [6.45, 7) is 17.2. The third kappa shape index (κ3) is 18.2. The van der Waals surface area contributed by atoms with E-state index in [1.165, 1.54) is 13.8 Å². The van der Waals surface area contributed by atoms with Crippen LogP contribution in [0.5, 0.6) is 34.5 Å². The number of carbonyl (C=O) groups excluding carboxylic acids is 2. The first-order valence-corrected chi connectivity index (χ1v) is 40.0. The number of para-hydroxylation sites is 6. The molecule has 0 spiro atoms. The van der Waals surface area contributed by atoms with Crippen LogP contribution in [0.3, 0.4) is 0 Å². The van der Waals surface area contributed by atoms with Crippen LogP contribution in [0.4, 0.5) is 68.2 Å². The molecular formula is C100H82N16O8+6. The second kappa shape index (κ2) is 36.8. The van der Waals surface area contributed by atoms with Crippen molar-refractivity contribution in [1.82, 2.24) is 19.9 Å². The smallest absolute Gasteiger partial charge is 0.317 e. The molecule has 0 aliphatic carbocycles. The SMILES string of the molecule is C=C(C)c1cc2c(c(C(=C)C)c1)OC[N+](c1ccccc1)=N2.CC(=O)c1cc2c(c(C(C)=O)c1)OC[N+](c1ccccc1)=N2.c1ccc([N+]2=Nc3c(ccc4cccnc34)OC2)cc1.c1ccc([N+]2=Nc3c(ccc4ncccc34)OC2)cc1.c1ccc([N+]2=Nc3cc4cccnc4cc3OC2)cc1.c1ccc([N+]2=Nc3cc4ncccc4cc3OC2)cc1. The fourth-order valence-corrected chi connectivity index (χ4v) is 14.0. The van der Waals surface area contributed by atoms with E-state index in [0.29, 0.717) is 56.2 Å². The van der Waals surface area contributed by atoms with Crippen molar-refractivity contribution >= 4 is 135 Å². The minimum Gasteiger partial charge on any atom is -0.431 e. The van der Waals surface area contributed by atoms with E-state index in [1.54, 1.807) is 41.6 Å². The average molecular weight is 1640 g/mol. The molecular weight excluding hydrogens is 1550 g/mol. The van der Waals surface area contributed by atoms with Crippen LogP contribution in [0.1, 0.15) is 59.5 Å². The number of rotatable bonds is 10. The number of ketones is 2. The lowest BCUT2D eigenvalue weighted by Crippen LogP contribution is -2.17. The fourth-order valence-electron chi connectivity index (χ4n) is 14.0. The van der Waals surface area contributed by atoms with Crippen molar-refractivity contribution in [3.63, 3.8) is 0 Å². The van der Waals surface area contributed by atoms with Crippen molar-refractivity contribution in [2.45, 2.75) is 27.7 Å². The van der Waals surface area contributed by atoms with Gasteiger partial charge in [-0.05, 0) is 164 Å². The van der Waals surface area contributed by atoms with Crippen LogP contribution < -0.4 is 28.4 Å². The Balaban J connectivity index is 0.000000105. The third-order valence-electron chi connectivity index (χ3n) is 20.4. The Morgan fingerprint density at radius 2 is 0.653 bits per heavy atom. The number of nitrogens with zero attached hydrogens (tertiary/aromatic N) is 16. The third-order valence-corrected chi connectivity index (χ3v) is 20.4. The lowest BCUT2D eigenvalue weighted by Gasteiger charge is -2.17. The standard InChI is InChI=1S/C19H19N2O.C17H15N2O3.4C16H12N3O/c1-13(2)15-10-17(14(3)4)19-18(11-15)20-21(12-22-19)16-8-6-5-7-9-16;1-11(20)13-8-15(12(2)21)17-16(9-13)18-19(10-22-17)14-6-4-3-5-7-14;1-2-6-13(7-3-1)19-11-20-14-9-8-12-5-4-10-17-15(12)16(14)18-19;1-2-6-13(7-3-1)19-11-20-16-9-12-5-4-8-17-14(12)10-15(16)18-19;1-2-6-13(7-3-1)19-11-20-16-10-14-12(5-4-8-17-14)9-15(16)18-19;1-2-5-12(6-3-1)19-11-20-15-9-8-14-13(16(15)18-19)7-4-10-17-14/h5-11H,1,3,12H2,2,4H3;3-9H,10H2,1-2H3;4*1-10H,11H2/q6*+1. The number of hydrogen-bond acceptors (Lipinski definition) is 18. The molecule has 0 saturated heterocycles. The maximum Gasteiger partial charge on any atom is 0.317 e. The van der Waals surface area contributed by atoms with Crippen molar-refractivity contribution in [2.24, 2.45) is 30.7 Å². The van der Waals surface area contributed by atoms with E-state index in [1.807, 2.05) is 322 Å². The van der Waals surface area contributed by atoms with Crippen LogP contribution in [0.15, 0.2) is 372 Å². The molecule has 0 saturated carbocycles. The molecule has 0 unspecified atom stereocenters. The van der Waals surface area contributed by atoms with Gasteiger partial charge in [-0.1, -0.05) is 146 Å².